The second-order valence-electron chi connectivity index (χ2n) is 6.54. The minimum Gasteiger partial charge on any atom is -0.493 e. The SMILES string of the molecule is CCNC(=NCC1CN(C)CCN1C)Nc1ccc(OC)c(OCC)c1.I. The summed E-state index contributed by atoms with van der Waals surface area (Å²) in [6.45, 7) is 9.41. The molecule has 1 heterocycles. The smallest absolute Gasteiger partial charge is 0.195 e. The molecule has 27 heavy (non-hydrogen) atoms. The number of ether oxygens (including phenoxy) is 2. The normalized spacial score (nSPS) is 18.6. The van der Waals surface area contributed by atoms with E-state index in [2.05, 4.69) is 41.5 Å². The van der Waals surface area contributed by atoms with Crippen molar-refractivity contribution in [3.8, 4) is 11.5 Å². The van der Waals surface area contributed by atoms with Gasteiger partial charge in [0.25, 0.3) is 0 Å². The zero-order valence-electron chi connectivity index (χ0n) is 17.1. The molecule has 0 spiro atoms. The van der Waals surface area contributed by atoms with Crippen LogP contribution in [0, 0.1) is 0 Å². The fourth-order valence-corrected chi connectivity index (χ4v) is 2.96. The molecule has 1 fully saturated rings. The van der Waals surface area contributed by atoms with Gasteiger partial charge >= 0.3 is 0 Å². The Morgan fingerprint density at radius 1 is 1.22 bits per heavy atom. The van der Waals surface area contributed by atoms with Crippen LogP contribution in [-0.2, 0) is 0 Å². The van der Waals surface area contributed by atoms with Gasteiger partial charge in [0.2, 0.25) is 0 Å². The number of nitrogens with one attached hydrogen (secondary N) is 2. The van der Waals surface area contributed by atoms with Crippen molar-refractivity contribution in [2.75, 3.05) is 65.9 Å². The van der Waals surface area contributed by atoms with Gasteiger partial charge in [-0.2, -0.15) is 0 Å². The van der Waals surface area contributed by atoms with E-state index < -0.39 is 0 Å². The van der Waals surface area contributed by atoms with Gasteiger partial charge in [0.15, 0.2) is 17.5 Å². The molecule has 0 aliphatic carbocycles. The lowest BCUT2D eigenvalue weighted by molar-refractivity contribution is 0.119. The highest BCUT2D eigenvalue weighted by Crippen LogP contribution is 2.30. The van der Waals surface area contributed by atoms with Crippen molar-refractivity contribution >= 4 is 35.6 Å². The second-order valence-corrected chi connectivity index (χ2v) is 6.54. The fourth-order valence-electron chi connectivity index (χ4n) is 2.96. The van der Waals surface area contributed by atoms with E-state index in [9.17, 15) is 0 Å². The molecule has 0 radical (unpaired) electrons. The zero-order chi connectivity index (χ0) is 18.9. The summed E-state index contributed by atoms with van der Waals surface area (Å²) >= 11 is 0. The number of halogens is 1. The van der Waals surface area contributed by atoms with Crippen LogP contribution in [0.4, 0.5) is 5.69 Å². The lowest BCUT2D eigenvalue weighted by atomic mass is 10.2. The Kier molecular flexibility index (Phi) is 10.8. The van der Waals surface area contributed by atoms with Crippen molar-refractivity contribution in [3.63, 3.8) is 0 Å². The molecule has 1 aromatic rings. The molecule has 0 amide bonds. The molecule has 0 saturated carbocycles. The molecule has 0 bridgehead atoms. The van der Waals surface area contributed by atoms with E-state index in [-0.39, 0.29) is 24.0 Å². The monoisotopic (exact) mass is 491 g/mol. The van der Waals surface area contributed by atoms with Gasteiger partial charge in [-0.1, -0.05) is 0 Å². The Morgan fingerprint density at radius 2 is 2.00 bits per heavy atom. The minimum absolute atomic E-state index is 0. The van der Waals surface area contributed by atoms with Gasteiger partial charge in [-0.15, -0.1) is 24.0 Å². The van der Waals surface area contributed by atoms with Crippen molar-refractivity contribution in [2.24, 2.45) is 4.99 Å². The molecule has 2 N–H and O–H groups in total. The maximum absolute atomic E-state index is 5.65. The number of nitrogens with zero attached hydrogens (tertiary/aromatic N) is 3. The largest absolute Gasteiger partial charge is 0.493 e. The molecule has 1 aliphatic rings. The van der Waals surface area contributed by atoms with Crippen molar-refractivity contribution < 1.29 is 9.47 Å². The van der Waals surface area contributed by atoms with Gasteiger partial charge < -0.3 is 25.0 Å². The molecule has 2 rings (SSSR count). The van der Waals surface area contributed by atoms with Crippen LogP contribution in [-0.4, -0.2) is 82.3 Å². The highest BCUT2D eigenvalue weighted by Gasteiger charge is 2.21. The van der Waals surface area contributed by atoms with Gasteiger partial charge in [-0.05, 0) is 40.1 Å². The number of methoxy groups -OCH3 is 1. The Morgan fingerprint density at radius 3 is 2.67 bits per heavy atom. The van der Waals surface area contributed by atoms with Crippen LogP contribution in [0.1, 0.15) is 13.8 Å². The summed E-state index contributed by atoms with van der Waals surface area (Å²) in [6, 6.07) is 6.24. The molecule has 7 nitrogen and oxygen atoms in total. The number of hydrogen-bond acceptors (Lipinski definition) is 5. The van der Waals surface area contributed by atoms with E-state index in [0.29, 0.717) is 12.6 Å². The topological polar surface area (TPSA) is 61.4 Å². The van der Waals surface area contributed by atoms with Crippen molar-refractivity contribution in [3.05, 3.63) is 18.2 Å². The van der Waals surface area contributed by atoms with Crippen LogP contribution in [0.2, 0.25) is 0 Å². The number of likely N-dealkylation sites (N-methyl/N-ethyl adjacent to an activating group) is 2. The molecular weight excluding hydrogens is 457 g/mol. The summed E-state index contributed by atoms with van der Waals surface area (Å²) in [6.07, 6.45) is 0. The molecule has 1 saturated heterocycles. The first-order valence-corrected chi connectivity index (χ1v) is 9.32. The van der Waals surface area contributed by atoms with Crippen LogP contribution < -0.4 is 20.1 Å². The molecular formula is C19H34IN5O2. The van der Waals surface area contributed by atoms with Gasteiger partial charge in [0, 0.05) is 44.0 Å². The third-order valence-electron chi connectivity index (χ3n) is 4.51. The van der Waals surface area contributed by atoms with Crippen LogP contribution in [0.25, 0.3) is 0 Å². The number of guanidine groups is 1. The summed E-state index contributed by atoms with van der Waals surface area (Å²) in [4.78, 5) is 9.53. The predicted octanol–water partition coefficient (Wildman–Crippen LogP) is 2.34. The van der Waals surface area contributed by atoms with Crippen LogP contribution in [0.5, 0.6) is 11.5 Å². The molecule has 154 valence electrons. The lowest BCUT2D eigenvalue weighted by Gasteiger charge is -2.36. The zero-order valence-corrected chi connectivity index (χ0v) is 19.4. The van der Waals surface area contributed by atoms with Crippen molar-refractivity contribution in [1.29, 1.82) is 0 Å². The first-order valence-electron chi connectivity index (χ1n) is 9.32. The molecule has 1 aliphatic heterocycles. The van der Waals surface area contributed by atoms with E-state index in [1.807, 2.05) is 25.1 Å². The number of rotatable bonds is 7. The van der Waals surface area contributed by atoms with Crippen LogP contribution in [0.3, 0.4) is 0 Å². The quantitative estimate of drug-likeness (QED) is 0.347. The number of aliphatic imine (C=N–C) groups is 1. The van der Waals surface area contributed by atoms with Gasteiger partial charge in [-0.3, -0.25) is 9.89 Å². The third-order valence-corrected chi connectivity index (χ3v) is 4.51. The summed E-state index contributed by atoms with van der Waals surface area (Å²) < 4.78 is 11.0. The first kappa shape index (κ1) is 23.8. The van der Waals surface area contributed by atoms with Crippen molar-refractivity contribution in [2.45, 2.75) is 19.9 Å². The number of hydrogen-bond donors (Lipinski definition) is 2. The first-order chi connectivity index (χ1) is 12.6. The highest BCUT2D eigenvalue weighted by molar-refractivity contribution is 14.0. The number of piperazine rings is 1. The highest BCUT2D eigenvalue weighted by atomic mass is 127. The third kappa shape index (κ3) is 7.34. The van der Waals surface area contributed by atoms with Crippen LogP contribution >= 0.6 is 24.0 Å². The van der Waals surface area contributed by atoms with Gasteiger partial charge in [-0.25, -0.2) is 0 Å². The standard InChI is InChI=1S/C19H33N5O2.HI/c1-6-20-19(21-13-16-14-23(3)10-11-24(16)4)22-15-8-9-17(25-5)18(12-15)26-7-2;/h8-9,12,16H,6-7,10-11,13-14H2,1-5H3,(H2,20,21,22);1H. The number of benzene rings is 1. The molecule has 1 unspecified atom stereocenters. The van der Waals surface area contributed by atoms with E-state index in [1.165, 1.54) is 0 Å². The van der Waals surface area contributed by atoms with E-state index in [0.717, 1.165) is 55.9 Å². The maximum atomic E-state index is 5.65. The average molecular weight is 491 g/mol. The van der Waals surface area contributed by atoms with Gasteiger partial charge in [0.05, 0.1) is 20.3 Å². The fraction of sp³-hybridized carbons (Fsp3) is 0.632. The molecule has 0 aromatic heterocycles. The second kappa shape index (κ2) is 12.2. The van der Waals surface area contributed by atoms with E-state index in [4.69, 9.17) is 14.5 Å². The Bertz CT molecular complexity index is 599. The summed E-state index contributed by atoms with van der Waals surface area (Å²) in [7, 11) is 5.99. The lowest BCUT2D eigenvalue weighted by Crippen LogP contribution is -2.51. The van der Waals surface area contributed by atoms with Crippen LogP contribution in [0.15, 0.2) is 23.2 Å². The maximum Gasteiger partial charge on any atom is 0.195 e. The number of anilines is 1. The molecule has 1 atom stereocenters. The summed E-state index contributed by atoms with van der Waals surface area (Å²) in [5.74, 6) is 2.23. The Labute approximate surface area is 180 Å². The Balaban J connectivity index is 0.00000364. The van der Waals surface area contributed by atoms with Gasteiger partial charge in [0.1, 0.15) is 0 Å². The predicted molar refractivity (Wildman–Crippen MR) is 123 cm³/mol. The molecule has 1 aromatic carbocycles. The van der Waals surface area contributed by atoms with E-state index >= 15 is 0 Å². The summed E-state index contributed by atoms with van der Waals surface area (Å²) in [5.41, 5.74) is 0.920. The Hall–Kier alpha value is -1.26. The average Bonchev–Trinajstić information content (AvgIpc) is 2.63. The van der Waals surface area contributed by atoms with E-state index in [1.54, 1.807) is 7.11 Å². The minimum atomic E-state index is 0. The summed E-state index contributed by atoms with van der Waals surface area (Å²) in [5, 5.41) is 6.68. The van der Waals surface area contributed by atoms with Crippen molar-refractivity contribution in [1.82, 2.24) is 15.1 Å². The molecule has 8 heteroatoms.